The molecule has 0 aliphatic heterocycles. The second kappa shape index (κ2) is 6.51. The maximum Gasteiger partial charge on any atom is 0.240 e. The quantitative estimate of drug-likeness (QED) is 0.802. The van der Waals surface area contributed by atoms with Crippen molar-refractivity contribution in [2.45, 2.75) is 16.6 Å². The topological polar surface area (TPSA) is 64.0 Å². The number of benzene rings is 1. The Balaban J connectivity index is 1.96. The number of halogens is 1. The zero-order valence-electron chi connectivity index (χ0n) is 11.1. The third-order valence-corrected chi connectivity index (χ3v) is 4.98. The minimum absolute atomic E-state index is 0.286. The zero-order valence-corrected chi connectivity index (χ0v) is 13.5. The lowest BCUT2D eigenvalue weighted by Crippen LogP contribution is -2.25. The molecular formula is C13H16BrN3O2S. The minimum Gasteiger partial charge on any atom is -0.276 e. The maximum absolute atomic E-state index is 12.1. The van der Waals surface area contributed by atoms with Gasteiger partial charge in [-0.15, -0.1) is 0 Å². The summed E-state index contributed by atoms with van der Waals surface area (Å²) in [7, 11) is -1.61. The Kier molecular flexibility index (Phi) is 4.95. The van der Waals surface area contributed by atoms with Crippen molar-refractivity contribution in [3.8, 4) is 0 Å². The lowest BCUT2D eigenvalue weighted by atomic mass is 10.2. The van der Waals surface area contributed by atoms with Gasteiger partial charge in [0.05, 0.1) is 11.1 Å². The summed E-state index contributed by atoms with van der Waals surface area (Å²) in [6.45, 7) is 0.355. The second-order valence-electron chi connectivity index (χ2n) is 4.45. The maximum atomic E-state index is 12.1. The first kappa shape index (κ1) is 15.2. The molecule has 1 aromatic carbocycles. The van der Waals surface area contributed by atoms with Crippen molar-refractivity contribution in [3.05, 3.63) is 47.8 Å². The van der Waals surface area contributed by atoms with Crippen molar-refractivity contribution >= 4 is 26.0 Å². The summed E-state index contributed by atoms with van der Waals surface area (Å²) >= 11 is 3.33. The molecule has 2 rings (SSSR count). The number of aryl methyl sites for hydroxylation is 1. The summed E-state index contributed by atoms with van der Waals surface area (Å²) in [4.78, 5) is 0.286. The molecule has 2 aromatic rings. The van der Waals surface area contributed by atoms with Gasteiger partial charge >= 0.3 is 0 Å². The molecule has 108 valence electrons. The monoisotopic (exact) mass is 357 g/mol. The van der Waals surface area contributed by atoms with E-state index in [1.54, 1.807) is 35.1 Å². The predicted octanol–water partition coefficient (Wildman–Crippen LogP) is 1.84. The van der Waals surface area contributed by atoms with Crippen molar-refractivity contribution in [2.75, 3.05) is 6.54 Å². The highest BCUT2D eigenvalue weighted by molar-refractivity contribution is 9.08. The van der Waals surface area contributed by atoms with Crippen LogP contribution < -0.4 is 4.72 Å². The fourth-order valence-corrected chi connectivity index (χ4v) is 3.18. The van der Waals surface area contributed by atoms with E-state index in [1.165, 1.54) is 0 Å². The van der Waals surface area contributed by atoms with Crippen molar-refractivity contribution in [1.29, 1.82) is 0 Å². The molecule has 1 heterocycles. The van der Waals surface area contributed by atoms with Gasteiger partial charge in [0.1, 0.15) is 0 Å². The van der Waals surface area contributed by atoms with Crippen LogP contribution >= 0.6 is 15.9 Å². The highest BCUT2D eigenvalue weighted by Gasteiger charge is 2.13. The molecule has 0 saturated carbocycles. The van der Waals surface area contributed by atoms with Gasteiger partial charge < -0.3 is 0 Å². The van der Waals surface area contributed by atoms with E-state index in [4.69, 9.17) is 0 Å². The molecular weight excluding hydrogens is 342 g/mol. The Labute approximate surface area is 127 Å². The van der Waals surface area contributed by atoms with Gasteiger partial charge in [-0.1, -0.05) is 28.1 Å². The van der Waals surface area contributed by atoms with Gasteiger partial charge in [0.25, 0.3) is 0 Å². The molecule has 0 unspecified atom stereocenters. The highest BCUT2D eigenvalue weighted by atomic mass is 79.9. The highest BCUT2D eigenvalue weighted by Crippen LogP contribution is 2.12. The molecule has 0 spiro atoms. The van der Waals surface area contributed by atoms with E-state index in [0.29, 0.717) is 18.3 Å². The van der Waals surface area contributed by atoms with Gasteiger partial charge in [-0.05, 0) is 29.7 Å². The summed E-state index contributed by atoms with van der Waals surface area (Å²) < 4.78 is 28.5. The molecule has 0 fully saturated rings. The summed E-state index contributed by atoms with van der Waals surface area (Å²) in [6.07, 6.45) is 4.23. The molecule has 0 atom stereocenters. The van der Waals surface area contributed by atoms with Crippen LogP contribution in [0.2, 0.25) is 0 Å². The van der Waals surface area contributed by atoms with Crippen molar-refractivity contribution in [1.82, 2.24) is 14.5 Å². The molecule has 5 nitrogen and oxygen atoms in total. The molecule has 0 bridgehead atoms. The fraction of sp³-hybridized carbons (Fsp3) is 0.308. The van der Waals surface area contributed by atoms with Crippen LogP contribution in [-0.2, 0) is 28.8 Å². The molecule has 0 saturated heterocycles. The molecule has 0 radical (unpaired) electrons. The van der Waals surface area contributed by atoms with E-state index in [0.717, 1.165) is 11.1 Å². The lowest BCUT2D eigenvalue weighted by molar-refractivity contribution is 0.581. The number of rotatable bonds is 6. The molecule has 0 aliphatic rings. The second-order valence-corrected chi connectivity index (χ2v) is 6.78. The first-order valence-electron chi connectivity index (χ1n) is 6.13. The number of hydrogen-bond donors (Lipinski definition) is 1. The third-order valence-electron chi connectivity index (χ3n) is 2.85. The first-order chi connectivity index (χ1) is 9.51. The van der Waals surface area contributed by atoms with E-state index >= 15 is 0 Å². The van der Waals surface area contributed by atoms with Crippen LogP contribution in [0.1, 0.15) is 11.1 Å². The van der Waals surface area contributed by atoms with Crippen LogP contribution in [0.4, 0.5) is 0 Å². The largest absolute Gasteiger partial charge is 0.276 e. The number of hydrogen-bond acceptors (Lipinski definition) is 3. The predicted molar refractivity (Wildman–Crippen MR) is 81.2 cm³/mol. The van der Waals surface area contributed by atoms with Crippen molar-refractivity contribution in [2.24, 2.45) is 7.05 Å². The number of nitrogens with zero attached hydrogens (tertiary/aromatic N) is 2. The van der Waals surface area contributed by atoms with Crippen LogP contribution in [0.25, 0.3) is 0 Å². The van der Waals surface area contributed by atoms with Gasteiger partial charge in [-0.2, -0.15) is 5.10 Å². The van der Waals surface area contributed by atoms with Crippen LogP contribution in [0.3, 0.4) is 0 Å². The Morgan fingerprint density at radius 2 is 1.95 bits per heavy atom. The van der Waals surface area contributed by atoms with Crippen LogP contribution in [0, 0.1) is 0 Å². The van der Waals surface area contributed by atoms with Gasteiger partial charge in [0, 0.05) is 25.1 Å². The molecule has 0 aliphatic carbocycles. The molecule has 1 aromatic heterocycles. The Morgan fingerprint density at radius 1 is 1.25 bits per heavy atom. The SMILES string of the molecule is Cn1cc(CCNS(=O)(=O)c2ccc(CBr)cc2)cn1. The van der Waals surface area contributed by atoms with Crippen LogP contribution in [0.15, 0.2) is 41.6 Å². The van der Waals surface area contributed by atoms with Gasteiger partial charge in [0.2, 0.25) is 10.0 Å². The summed E-state index contributed by atoms with van der Waals surface area (Å²) in [5.74, 6) is 0. The van der Waals surface area contributed by atoms with Crippen LogP contribution in [0.5, 0.6) is 0 Å². The average molecular weight is 358 g/mol. The zero-order chi connectivity index (χ0) is 14.6. The van der Waals surface area contributed by atoms with E-state index in [2.05, 4.69) is 25.8 Å². The lowest BCUT2D eigenvalue weighted by Gasteiger charge is -2.06. The van der Waals surface area contributed by atoms with Gasteiger partial charge in [-0.3, -0.25) is 4.68 Å². The minimum atomic E-state index is -3.44. The van der Waals surface area contributed by atoms with Gasteiger partial charge in [-0.25, -0.2) is 13.1 Å². The Morgan fingerprint density at radius 3 is 2.50 bits per heavy atom. The molecule has 0 amide bonds. The summed E-state index contributed by atoms with van der Waals surface area (Å²) in [5.41, 5.74) is 2.05. The van der Waals surface area contributed by atoms with Gasteiger partial charge in [0.15, 0.2) is 0 Å². The molecule has 7 heteroatoms. The van der Waals surface area contributed by atoms with Crippen LogP contribution in [-0.4, -0.2) is 24.7 Å². The van der Waals surface area contributed by atoms with Crippen molar-refractivity contribution in [3.63, 3.8) is 0 Å². The smallest absolute Gasteiger partial charge is 0.240 e. The van der Waals surface area contributed by atoms with E-state index in [9.17, 15) is 8.42 Å². The Hall–Kier alpha value is -1.18. The molecule has 20 heavy (non-hydrogen) atoms. The third kappa shape index (κ3) is 3.91. The summed E-state index contributed by atoms with van der Waals surface area (Å²) in [5, 5.41) is 4.75. The summed E-state index contributed by atoms with van der Waals surface area (Å²) in [6, 6.07) is 6.82. The number of alkyl halides is 1. The average Bonchev–Trinajstić information content (AvgIpc) is 2.84. The van der Waals surface area contributed by atoms with E-state index in [1.807, 2.05) is 13.2 Å². The normalized spacial score (nSPS) is 11.7. The number of sulfonamides is 1. The number of aromatic nitrogens is 2. The van der Waals surface area contributed by atoms with Crippen molar-refractivity contribution < 1.29 is 8.42 Å². The Bertz CT molecular complexity index is 665. The fourth-order valence-electron chi connectivity index (χ4n) is 1.77. The molecule has 1 N–H and O–H groups in total. The van der Waals surface area contributed by atoms with E-state index < -0.39 is 10.0 Å². The first-order valence-corrected chi connectivity index (χ1v) is 8.74. The standard InChI is InChI=1S/C13H16BrN3O2S/c1-17-10-12(9-15-17)6-7-16-20(18,19)13-4-2-11(8-14)3-5-13/h2-5,9-10,16H,6-8H2,1H3. The number of nitrogens with one attached hydrogen (secondary N) is 1. The van der Waals surface area contributed by atoms with E-state index in [-0.39, 0.29) is 4.90 Å².